The quantitative estimate of drug-likeness (QED) is 0.607. The Balaban J connectivity index is 2.09. The van der Waals surface area contributed by atoms with Crippen molar-refractivity contribution in [2.45, 2.75) is 26.6 Å². The number of benzene rings is 1. The summed E-state index contributed by atoms with van der Waals surface area (Å²) < 4.78 is 12.0. The predicted octanol–water partition coefficient (Wildman–Crippen LogP) is 2.29. The van der Waals surface area contributed by atoms with Gasteiger partial charge in [-0.1, -0.05) is 28.1 Å². The van der Waals surface area contributed by atoms with Crippen LogP contribution in [0.15, 0.2) is 28.7 Å². The van der Waals surface area contributed by atoms with Crippen molar-refractivity contribution in [1.29, 1.82) is 0 Å². The zero-order valence-corrected chi connectivity index (χ0v) is 13.3. The van der Waals surface area contributed by atoms with Crippen molar-refractivity contribution in [3.63, 3.8) is 0 Å². The Morgan fingerprint density at radius 2 is 1.81 bits per heavy atom. The van der Waals surface area contributed by atoms with Gasteiger partial charge in [-0.05, 0) is 31.5 Å². The molecule has 21 heavy (non-hydrogen) atoms. The maximum atomic E-state index is 5.54. The molecule has 112 valence electrons. The SMILES string of the molecule is CC(C)Oc1nc(NN)nc(OCc2ccc(Br)cc2)n1. The lowest BCUT2D eigenvalue weighted by Crippen LogP contribution is -2.15. The molecule has 0 amide bonds. The Morgan fingerprint density at radius 1 is 1.14 bits per heavy atom. The number of nitrogens with zero attached hydrogens (tertiary/aromatic N) is 3. The predicted molar refractivity (Wildman–Crippen MR) is 81.9 cm³/mol. The molecule has 0 atom stereocenters. The number of ether oxygens (including phenoxy) is 2. The van der Waals surface area contributed by atoms with Crippen LogP contribution in [-0.2, 0) is 6.61 Å². The summed E-state index contributed by atoms with van der Waals surface area (Å²) in [4.78, 5) is 12.1. The van der Waals surface area contributed by atoms with E-state index in [1.165, 1.54) is 0 Å². The van der Waals surface area contributed by atoms with Crippen LogP contribution in [0.4, 0.5) is 5.95 Å². The monoisotopic (exact) mass is 353 g/mol. The molecule has 0 unspecified atom stereocenters. The van der Waals surface area contributed by atoms with Gasteiger partial charge >= 0.3 is 12.0 Å². The van der Waals surface area contributed by atoms with E-state index in [9.17, 15) is 0 Å². The lowest BCUT2D eigenvalue weighted by atomic mass is 10.2. The number of aromatic nitrogens is 3. The zero-order chi connectivity index (χ0) is 15.2. The Labute approximate surface area is 131 Å². The molecule has 3 N–H and O–H groups in total. The Hall–Kier alpha value is -1.93. The van der Waals surface area contributed by atoms with Crippen molar-refractivity contribution < 1.29 is 9.47 Å². The zero-order valence-electron chi connectivity index (χ0n) is 11.7. The minimum atomic E-state index is -0.0580. The summed E-state index contributed by atoms with van der Waals surface area (Å²) in [5.74, 6) is 5.51. The van der Waals surface area contributed by atoms with E-state index >= 15 is 0 Å². The van der Waals surface area contributed by atoms with Gasteiger partial charge in [0.05, 0.1) is 6.10 Å². The molecule has 2 aromatic rings. The van der Waals surface area contributed by atoms with Gasteiger partial charge in [-0.3, -0.25) is 5.43 Å². The van der Waals surface area contributed by atoms with Crippen molar-refractivity contribution in [3.05, 3.63) is 34.3 Å². The van der Waals surface area contributed by atoms with Crippen LogP contribution >= 0.6 is 15.9 Å². The fourth-order valence-corrected chi connectivity index (χ4v) is 1.72. The highest BCUT2D eigenvalue weighted by atomic mass is 79.9. The summed E-state index contributed by atoms with van der Waals surface area (Å²) >= 11 is 3.38. The summed E-state index contributed by atoms with van der Waals surface area (Å²) in [7, 11) is 0. The second kappa shape index (κ2) is 7.19. The van der Waals surface area contributed by atoms with Crippen LogP contribution in [0.1, 0.15) is 19.4 Å². The first-order valence-electron chi connectivity index (χ1n) is 6.33. The van der Waals surface area contributed by atoms with E-state index in [0.717, 1.165) is 10.0 Å². The number of halogens is 1. The first-order valence-corrected chi connectivity index (χ1v) is 7.12. The number of hydrazine groups is 1. The average molecular weight is 354 g/mol. The van der Waals surface area contributed by atoms with E-state index in [-0.39, 0.29) is 24.1 Å². The highest BCUT2D eigenvalue weighted by molar-refractivity contribution is 9.10. The van der Waals surface area contributed by atoms with E-state index in [1.54, 1.807) is 0 Å². The minimum absolute atomic E-state index is 0.0580. The number of anilines is 1. The third-order valence-corrected chi connectivity index (χ3v) is 2.87. The number of nitrogen functional groups attached to an aromatic ring is 1. The number of nitrogens with one attached hydrogen (secondary N) is 1. The molecule has 1 aromatic heterocycles. The molecular weight excluding hydrogens is 338 g/mol. The summed E-state index contributed by atoms with van der Waals surface area (Å²) in [6.07, 6.45) is -0.0580. The smallest absolute Gasteiger partial charge is 0.324 e. The van der Waals surface area contributed by atoms with Crippen LogP contribution in [-0.4, -0.2) is 21.1 Å². The molecule has 7 nitrogen and oxygen atoms in total. The molecule has 0 aliphatic carbocycles. The number of hydrogen-bond donors (Lipinski definition) is 2. The highest BCUT2D eigenvalue weighted by Crippen LogP contribution is 2.16. The van der Waals surface area contributed by atoms with Gasteiger partial charge in [0, 0.05) is 4.47 Å². The second-order valence-electron chi connectivity index (χ2n) is 4.45. The summed E-state index contributed by atoms with van der Waals surface area (Å²) in [6.45, 7) is 4.09. The highest BCUT2D eigenvalue weighted by Gasteiger charge is 2.09. The van der Waals surface area contributed by atoms with Crippen molar-refractivity contribution in [2.75, 3.05) is 5.43 Å². The van der Waals surface area contributed by atoms with Crippen LogP contribution in [0.3, 0.4) is 0 Å². The molecule has 0 fully saturated rings. The molecule has 2 rings (SSSR count). The average Bonchev–Trinajstić information content (AvgIpc) is 2.45. The van der Waals surface area contributed by atoms with E-state index in [4.69, 9.17) is 15.3 Å². The van der Waals surface area contributed by atoms with Crippen molar-refractivity contribution in [1.82, 2.24) is 15.0 Å². The second-order valence-corrected chi connectivity index (χ2v) is 5.37. The summed E-state index contributed by atoms with van der Waals surface area (Å²) in [5.41, 5.74) is 3.35. The lowest BCUT2D eigenvalue weighted by Gasteiger charge is -2.10. The van der Waals surface area contributed by atoms with Crippen LogP contribution in [0.25, 0.3) is 0 Å². The summed E-state index contributed by atoms with van der Waals surface area (Å²) in [6, 6.07) is 8.08. The molecular formula is C13H16BrN5O2. The maximum absolute atomic E-state index is 5.54. The van der Waals surface area contributed by atoms with E-state index in [0.29, 0.717) is 6.61 Å². The number of nitrogens with two attached hydrogens (primary N) is 1. The van der Waals surface area contributed by atoms with Crippen LogP contribution in [0.5, 0.6) is 12.0 Å². The lowest BCUT2D eigenvalue weighted by molar-refractivity contribution is 0.211. The molecule has 0 radical (unpaired) electrons. The van der Waals surface area contributed by atoms with Crippen molar-refractivity contribution in [3.8, 4) is 12.0 Å². The molecule has 0 bridgehead atoms. The van der Waals surface area contributed by atoms with E-state index < -0.39 is 0 Å². The third kappa shape index (κ3) is 4.83. The Morgan fingerprint density at radius 3 is 2.43 bits per heavy atom. The van der Waals surface area contributed by atoms with Gasteiger partial charge in [-0.25, -0.2) is 5.84 Å². The largest absolute Gasteiger partial charge is 0.461 e. The molecule has 0 spiro atoms. The Kier molecular flexibility index (Phi) is 5.29. The normalized spacial score (nSPS) is 10.5. The van der Waals surface area contributed by atoms with Crippen LogP contribution in [0, 0.1) is 0 Å². The van der Waals surface area contributed by atoms with Gasteiger partial charge < -0.3 is 9.47 Å². The van der Waals surface area contributed by atoms with E-state index in [1.807, 2.05) is 38.1 Å². The van der Waals surface area contributed by atoms with Gasteiger partial charge in [0.2, 0.25) is 5.95 Å². The topological polar surface area (TPSA) is 95.2 Å². The molecule has 0 aliphatic heterocycles. The third-order valence-electron chi connectivity index (χ3n) is 2.35. The van der Waals surface area contributed by atoms with Crippen LogP contribution < -0.4 is 20.7 Å². The van der Waals surface area contributed by atoms with E-state index in [2.05, 4.69) is 36.3 Å². The van der Waals surface area contributed by atoms with Crippen LogP contribution in [0.2, 0.25) is 0 Å². The number of rotatable bonds is 6. The fourth-order valence-electron chi connectivity index (χ4n) is 1.46. The van der Waals surface area contributed by atoms with Gasteiger partial charge in [0.1, 0.15) is 6.61 Å². The van der Waals surface area contributed by atoms with Crippen molar-refractivity contribution in [2.24, 2.45) is 5.84 Å². The molecule has 1 aromatic carbocycles. The van der Waals surface area contributed by atoms with Gasteiger partial charge in [-0.2, -0.15) is 9.97 Å². The standard InChI is InChI=1S/C13H16BrN5O2/c1-8(2)21-13-17-11(19-15)16-12(18-13)20-7-9-3-5-10(14)6-4-9/h3-6,8H,7,15H2,1-2H3,(H,16,17,18,19). The first kappa shape index (κ1) is 15.5. The first-order chi connectivity index (χ1) is 10.1. The van der Waals surface area contributed by atoms with Gasteiger partial charge in [0.15, 0.2) is 0 Å². The molecule has 0 aliphatic rings. The molecule has 1 heterocycles. The maximum Gasteiger partial charge on any atom is 0.324 e. The van der Waals surface area contributed by atoms with Gasteiger partial charge in [0.25, 0.3) is 0 Å². The number of hydrogen-bond acceptors (Lipinski definition) is 7. The van der Waals surface area contributed by atoms with Gasteiger partial charge in [-0.15, -0.1) is 4.98 Å². The van der Waals surface area contributed by atoms with Crippen molar-refractivity contribution >= 4 is 21.9 Å². The fraction of sp³-hybridized carbons (Fsp3) is 0.308. The summed E-state index contributed by atoms with van der Waals surface area (Å²) in [5, 5.41) is 0. The Bertz CT molecular complexity index is 592. The molecule has 0 saturated heterocycles. The molecule has 8 heteroatoms. The minimum Gasteiger partial charge on any atom is -0.461 e. The molecule has 0 saturated carbocycles.